The van der Waals surface area contributed by atoms with Crippen molar-refractivity contribution in [2.75, 3.05) is 13.7 Å². The fourth-order valence-electron chi connectivity index (χ4n) is 2.30. The number of aryl methyl sites for hydroxylation is 1. The minimum Gasteiger partial charge on any atom is -0.477 e. The zero-order valence-corrected chi connectivity index (χ0v) is 13.9. The maximum Gasteiger partial charge on any atom is 0.311 e. The average Bonchev–Trinajstić information content (AvgIpc) is 2.59. The molecule has 0 bridgehead atoms. The second-order valence-electron chi connectivity index (χ2n) is 5.61. The summed E-state index contributed by atoms with van der Waals surface area (Å²) in [6, 6.07) is 14.2. The molecule has 126 valence electrons. The summed E-state index contributed by atoms with van der Waals surface area (Å²) in [6.45, 7) is 3.43. The topological polar surface area (TPSA) is 72.7 Å². The van der Waals surface area contributed by atoms with Crippen LogP contribution in [0.3, 0.4) is 0 Å². The van der Waals surface area contributed by atoms with Crippen molar-refractivity contribution < 1.29 is 14.5 Å². The van der Waals surface area contributed by atoms with Gasteiger partial charge in [0.2, 0.25) is 0 Å². The van der Waals surface area contributed by atoms with Gasteiger partial charge in [-0.25, -0.2) is 0 Å². The number of likely N-dealkylation sites (N-methyl/N-ethyl adjacent to an activating group) is 1. The Bertz CT molecular complexity index is 731. The van der Waals surface area contributed by atoms with Gasteiger partial charge in [-0.15, -0.1) is 0 Å². The van der Waals surface area contributed by atoms with Crippen LogP contribution in [0.1, 0.15) is 24.1 Å². The van der Waals surface area contributed by atoms with E-state index in [9.17, 15) is 14.9 Å². The first kappa shape index (κ1) is 17.5. The van der Waals surface area contributed by atoms with Crippen molar-refractivity contribution in [3.05, 3.63) is 69.8 Å². The van der Waals surface area contributed by atoms with Gasteiger partial charge in [0.05, 0.1) is 11.0 Å². The van der Waals surface area contributed by atoms with Crippen LogP contribution in [0.5, 0.6) is 5.75 Å². The van der Waals surface area contributed by atoms with E-state index >= 15 is 0 Å². The van der Waals surface area contributed by atoms with Gasteiger partial charge in [0.25, 0.3) is 5.91 Å². The molecule has 0 saturated heterocycles. The van der Waals surface area contributed by atoms with E-state index in [1.807, 2.05) is 37.3 Å². The SMILES string of the molecule is Cc1ccc(OCC(=O)N(C)[C@@H](C)c2ccccc2)c([N+](=O)[O-])c1. The Morgan fingerprint density at radius 3 is 2.54 bits per heavy atom. The van der Waals surface area contributed by atoms with Crippen LogP contribution in [0.2, 0.25) is 0 Å². The van der Waals surface area contributed by atoms with Crippen LogP contribution in [-0.2, 0) is 4.79 Å². The van der Waals surface area contributed by atoms with Gasteiger partial charge in [0.1, 0.15) is 0 Å². The lowest BCUT2D eigenvalue weighted by molar-refractivity contribution is -0.385. The summed E-state index contributed by atoms with van der Waals surface area (Å²) in [4.78, 5) is 24.4. The minimum atomic E-state index is -0.511. The molecule has 6 heteroatoms. The van der Waals surface area contributed by atoms with Gasteiger partial charge in [-0.2, -0.15) is 0 Å². The third-order valence-electron chi connectivity index (χ3n) is 3.92. The molecular weight excluding hydrogens is 308 g/mol. The lowest BCUT2D eigenvalue weighted by Gasteiger charge is -2.25. The molecule has 0 aliphatic heterocycles. The van der Waals surface area contributed by atoms with Crippen molar-refractivity contribution in [2.24, 2.45) is 0 Å². The minimum absolute atomic E-state index is 0.0970. The zero-order valence-electron chi connectivity index (χ0n) is 13.9. The Labute approximate surface area is 140 Å². The van der Waals surface area contributed by atoms with Crippen molar-refractivity contribution in [3.63, 3.8) is 0 Å². The smallest absolute Gasteiger partial charge is 0.311 e. The monoisotopic (exact) mass is 328 g/mol. The molecule has 0 aliphatic carbocycles. The molecular formula is C18H20N2O4. The molecule has 0 aliphatic rings. The maximum absolute atomic E-state index is 12.3. The van der Waals surface area contributed by atoms with Gasteiger partial charge < -0.3 is 9.64 Å². The van der Waals surface area contributed by atoms with Crippen LogP contribution in [0.15, 0.2) is 48.5 Å². The molecule has 0 radical (unpaired) electrons. The van der Waals surface area contributed by atoms with Gasteiger partial charge in [-0.05, 0) is 31.0 Å². The number of rotatable bonds is 6. The van der Waals surface area contributed by atoms with Gasteiger partial charge >= 0.3 is 5.69 Å². The maximum atomic E-state index is 12.3. The van der Waals surface area contributed by atoms with Gasteiger partial charge in [-0.1, -0.05) is 36.4 Å². The summed E-state index contributed by atoms with van der Waals surface area (Å²) in [5, 5.41) is 11.1. The first-order valence-corrected chi connectivity index (χ1v) is 7.58. The Morgan fingerprint density at radius 1 is 1.25 bits per heavy atom. The molecule has 1 amide bonds. The van der Waals surface area contributed by atoms with E-state index < -0.39 is 4.92 Å². The highest BCUT2D eigenvalue weighted by molar-refractivity contribution is 5.78. The molecule has 2 aromatic rings. The summed E-state index contributed by atoms with van der Waals surface area (Å²) < 4.78 is 5.39. The number of nitrogens with zero attached hydrogens (tertiary/aromatic N) is 2. The van der Waals surface area contributed by atoms with Crippen LogP contribution < -0.4 is 4.74 Å². The molecule has 0 fully saturated rings. The summed E-state index contributed by atoms with van der Waals surface area (Å²) in [5.74, 6) is -0.152. The predicted molar refractivity (Wildman–Crippen MR) is 91.0 cm³/mol. The predicted octanol–water partition coefficient (Wildman–Crippen LogP) is 3.50. The van der Waals surface area contributed by atoms with E-state index in [0.717, 1.165) is 11.1 Å². The van der Waals surface area contributed by atoms with Crippen LogP contribution in [0.4, 0.5) is 5.69 Å². The third-order valence-corrected chi connectivity index (χ3v) is 3.92. The molecule has 24 heavy (non-hydrogen) atoms. The summed E-state index contributed by atoms with van der Waals surface area (Å²) in [6.07, 6.45) is 0. The van der Waals surface area contributed by atoms with Gasteiger partial charge in [0.15, 0.2) is 12.4 Å². The Morgan fingerprint density at radius 2 is 1.92 bits per heavy atom. The van der Waals surface area contributed by atoms with Crippen molar-refractivity contribution in [1.29, 1.82) is 0 Å². The quantitative estimate of drug-likeness (QED) is 0.601. The van der Waals surface area contributed by atoms with E-state index in [1.54, 1.807) is 24.9 Å². The molecule has 0 heterocycles. The van der Waals surface area contributed by atoms with Crippen LogP contribution in [-0.4, -0.2) is 29.4 Å². The molecule has 0 N–H and O–H groups in total. The molecule has 2 aromatic carbocycles. The second-order valence-corrected chi connectivity index (χ2v) is 5.61. The van der Waals surface area contributed by atoms with Crippen LogP contribution in [0.25, 0.3) is 0 Å². The van der Waals surface area contributed by atoms with E-state index in [2.05, 4.69) is 0 Å². The highest BCUT2D eigenvalue weighted by Crippen LogP contribution is 2.28. The normalized spacial score (nSPS) is 11.6. The molecule has 1 atom stereocenters. The number of amides is 1. The lowest BCUT2D eigenvalue weighted by Crippen LogP contribution is -2.33. The average molecular weight is 328 g/mol. The van der Waals surface area contributed by atoms with Crippen molar-refractivity contribution in [1.82, 2.24) is 4.90 Å². The van der Waals surface area contributed by atoms with E-state index in [1.165, 1.54) is 12.1 Å². The van der Waals surface area contributed by atoms with Gasteiger partial charge in [0, 0.05) is 13.1 Å². The first-order valence-electron chi connectivity index (χ1n) is 7.58. The number of hydrogen-bond acceptors (Lipinski definition) is 4. The van der Waals surface area contributed by atoms with Crippen molar-refractivity contribution >= 4 is 11.6 Å². The number of carbonyl (C=O) groups excluding carboxylic acids is 1. The standard InChI is InChI=1S/C18H20N2O4/c1-13-9-10-17(16(11-13)20(22)23)24-12-18(21)19(3)14(2)15-7-5-4-6-8-15/h4-11,14H,12H2,1-3H3/t14-/m0/s1. The second kappa shape index (κ2) is 7.59. The zero-order chi connectivity index (χ0) is 17.7. The fourth-order valence-corrected chi connectivity index (χ4v) is 2.30. The van der Waals surface area contributed by atoms with E-state index in [4.69, 9.17) is 4.74 Å². The highest BCUT2D eigenvalue weighted by Gasteiger charge is 2.20. The van der Waals surface area contributed by atoms with Gasteiger partial charge in [-0.3, -0.25) is 14.9 Å². The summed E-state index contributed by atoms with van der Waals surface area (Å²) in [5.41, 5.74) is 1.63. The number of ether oxygens (including phenoxy) is 1. The van der Waals surface area contributed by atoms with Crippen molar-refractivity contribution in [2.45, 2.75) is 19.9 Å². The largest absolute Gasteiger partial charge is 0.477 e. The van der Waals surface area contributed by atoms with E-state index in [0.29, 0.717) is 0 Å². The van der Waals surface area contributed by atoms with Crippen LogP contribution in [0, 0.1) is 17.0 Å². The summed E-state index contributed by atoms with van der Waals surface area (Å²) in [7, 11) is 1.69. The first-order chi connectivity index (χ1) is 11.4. The Hall–Kier alpha value is -2.89. The molecule has 2 rings (SSSR count). The number of benzene rings is 2. The number of nitro benzene ring substituents is 1. The number of hydrogen-bond donors (Lipinski definition) is 0. The molecule has 0 unspecified atom stereocenters. The van der Waals surface area contributed by atoms with Crippen molar-refractivity contribution in [3.8, 4) is 5.75 Å². The molecule has 6 nitrogen and oxygen atoms in total. The number of carbonyl (C=O) groups is 1. The third kappa shape index (κ3) is 4.10. The molecule has 0 saturated carbocycles. The lowest BCUT2D eigenvalue weighted by atomic mass is 10.1. The molecule has 0 spiro atoms. The highest BCUT2D eigenvalue weighted by atomic mass is 16.6. The van der Waals surface area contributed by atoms with Crippen LogP contribution >= 0.6 is 0 Å². The Kier molecular flexibility index (Phi) is 5.52. The molecule has 0 aromatic heterocycles. The fraction of sp³-hybridized carbons (Fsp3) is 0.278. The Balaban J connectivity index is 2.04. The summed E-state index contributed by atoms with van der Waals surface area (Å²) >= 11 is 0. The number of nitro groups is 1. The van der Waals surface area contributed by atoms with E-state index in [-0.39, 0.29) is 30.0 Å².